The zero-order chi connectivity index (χ0) is 17.5. The average Bonchev–Trinajstić information content (AvgIpc) is 2.56. The summed E-state index contributed by atoms with van der Waals surface area (Å²) in [5.41, 5.74) is 4.03. The van der Waals surface area contributed by atoms with Gasteiger partial charge in [-0.2, -0.15) is 0 Å². The second kappa shape index (κ2) is 8.29. The molecule has 2 aromatic carbocycles. The Bertz CT molecular complexity index is 690. The van der Waals surface area contributed by atoms with E-state index < -0.39 is 11.9 Å². The summed E-state index contributed by atoms with van der Waals surface area (Å²) in [6.45, 7) is 3.72. The van der Waals surface area contributed by atoms with E-state index >= 15 is 0 Å². The number of amides is 1. The van der Waals surface area contributed by atoms with E-state index in [2.05, 4.69) is 5.32 Å². The van der Waals surface area contributed by atoms with Gasteiger partial charge in [0.15, 0.2) is 0 Å². The lowest BCUT2D eigenvalue weighted by molar-refractivity contribution is -0.141. The van der Waals surface area contributed by atoms with Gasteiger partial charge in [0.2, 0.25) is 5.91 Å². The highest BCUT2D eigenvalue weighted by Gasteiger charge is 2.11. The SMILES string of the molecule is Cc1ccc(CCC(=O)Nc2ccc(CC(C)C(=O)O)cc2)cc1. The van der Waals surface area contributed by atoms with Crippen LogP contribution >= 0.6 is 0 Å². The van der Waals surface area contributed by atoms with Gasteiger partial charge in [0, 0.05) is 12.1 Å². The number of carboxylic acid groups (broad SMARTS) is 1. The van der Waals surface area contributed by atoms with E-state index in [1.54, 1.807) is 6.92 Å². The first kappa shape index (κ1) is 17.7. The van der Waals surface area contributed by atoms with Gasteiger partial charge in [-0.3, -0.25) is 9.59 Å². The first-order chi connectivity index (χ1) is 11.4. The highest BCUT2D eigenvalue weighted by molar-refractivity contribution is 5.90. The van der Waals surface area contributed by atoms with E-state index in [1.807, 2.05) is 55.5 Å². The third-order valence-electron chi connectivity index (χ3n) is 3.96. The maximum atomic E-state index is 12.0. The van der Waals surface area contributed by atoms with Crippen LogP contribution in [0.5, 0.6) is 0 Å². The van der Waals surface area contributed by atoms with E-state index in [0.29, 0.717) is 19.3 Å². The van der Waals surface area contributed by atoms with E-state index in [4.69, 9.17) is 5.11 Å². The van der Waals surface area contributed by atoms with Crippen LogP contribution in [0, 0.1) is 12.8 Å². The zero-order valence-corrected chi connectivity index (χ0v) is 14.1. The fraction of sp³-hybridized carbons (Fsp3) is 0.300. The molecule has 126 valence electrons. The van der Waals surface area contributed by atoms with Crippen molar-refractivity contribution in [3.8, 4) is 0 Å². The van der Waals surface area contributed by atoms with Crippen molar-refractivity contribution >= 4 is 17.6 Å². The lowest BCUT2D eigenvalue weighted by atomic mass is 10.0. The molecule has 0 radical (unpaired) electrons. The van der Waals surface area contributed by atoms with Gasteiger partial charge in [-0.05, 0) is 43.0 Å². The lowest BCUT2D eigenvalue weighted by Gasteiger charge is -2.09. The molecular weight excluding hydrogens is 302 g/mol. The van der Waals surface area contributed by atoms with Gasteiger partial charge in [0.05, 0.1) is 5.92 Å². The number of carbonyl (C=O) groups excluding carboxylic acids is 1. The van der Waals surface area contributed by atoms with E-state index in [-0.39, 0.29) is 5.91 Å². The number of benzene rings is 2. The predicted octanol–water partition coefficient (Wildman–Crippen LogP) is 3.83. The molecule has 4 heteroatoms. The molecule has 0 saturated heterocycles. The molecular formula is C20H23NO3. The summed E-state index contributed by atoms with van der Waals surface area (Å²) >= 11 is 0. The minimum absolute atomic E-state index is 0.0257. The zero-order valence-electron chi connectivity index (χ0n) is 14.1. The summed E-state index contributed by atoms with van der Waals surface area (Å²) < 4.78 is 0. The van der Waals surface area contributed by atoms with Gasteiger partial charge in [-0.1, -0.05) is 48.9 Å². The first-order valence-corrected chi connectivity index (χ1v) is 8.11. The van der Waals surface area contributed by atoms with Crippen molar-refractivity contribution in [2.45, 2.75) is 33.1 Å². The fourth-order valence-electron chi connectivity index (χ4n) is 2.40. The molecule has 0 aliphatic carbocycles. The Morgan fingerprint density at radius 2 is 1.58 bits per heavy atom. The fourth-order valence-corrected chi connectivity index (χ4v) is 2.40. The largest absolute Gasteiger partial charge is 0.481 e. The summed E-state index contributed by atoms with van der Waals surface area (Å²) in [4.78, 5) is 22.9. The Balaban J connectivity index is 1.83. The maximum absolute atomic E-state index is 12.0. The second-order valence-corrected chi connectivity index (χ2v) is 6.17. The van der Waals surface area contributed by atoms with Crippen molar-refractivity contribution in [1.82, 2.24) is 0 Å². The van der Waals surface area contributed by atoms with Crippen LogP contribution in [0.25, 0.3) is 0 Å². The number of carbonyl (C=O) groups is 2. The highest BCUT2D eigenvalue weighted by atomic mass is 16.4. The molecule has 0 aliphatic heterocycles. The van der Waals surface area contributed by atoms with Gasteiger partial charge in [0.25, 0.3) is 0 Å². The Morgan fingerprint density at radius 1 is 1.00 bits per heavy atom. The minimum atomic E-state index is -0.802. The van der Waals surface area contributed by atoms with Crippen LogP contribution in [0.2, 0.25) is 0 Å². The van der Waals surface area contributed by atoms with Crippen LogP contribution in [-0.4, -0.2) is 17.0 Å². The number of anilines is 1. The van der Waals surface area contributed by atoms with Crippen LogP contribution < -0.4 is 5.32 Å². The third kappa shape index (κ3) is 5.54. The Morgan fingerprint density at radius 3 is 2.17 bits per heavy atom. The molecule has 2 aromatic rings. The van der Waals surface area contributed by atoms with E-state index in [1.165, 1.54) is 5.56 Å². The molecule has 24 heavy (non-hydrogen) atoms. The Hall–Kier alpha value is -2.62. The topological polar surface area (TPSA) is 66.4 Å². The van der Waals surface area contributed by atoms with Gasteiger partial charge in [0.1, 0.15) is 0 Å². The summed E-state index contributed by atoms with van der Waals surface area (Å²) in [5, 5.41) is 11.8. The van der Waals surface area contributed by atoms with Crippen LogP contribution in [0.4, 0.5) is 5.69 Å². The number of nitrogens with one attached hydrogen (secondary N) is 1. The van der Waals surface area contributed by atoms with Crippen molar-refractivity contribution < 1.29 is 14.7 Å². The molecule has 0 bridgehead atoms. The number of rotatable bonds is 7. The number of aryl methyl sites for hydroxylation is 2. The highest BCUT2D eigenvalue weighted by Crippen LogP contribution is 2.14. The number of aliphatic carboxylic acids is 1. The summed E-state index contributed by atoms with van der Waals surface area (Å²) in [7, 11) is 0. The quantitative estimate of drug-likeness (QED) is 0.813. The van der Waals surface area contributed by atoms with Crippen LogP contribution in [-0.2, 0) is 22.4 Å². The maximum Gasteiger partial charge on any atom is 0.306 e. The van der Waals surface area contributed by atoms with Crippen molar-refractivity contribution in [3.63, 3.8) is 0 Å². The molecule has 0 heterocycles. The molecule has 0 aliphatic rings. The van der Waals surface area contributed by atoms with E-state index in [9.17, 15) is 9.59 Å². The Kier molecular flexibility index (Phi) is 6.13. The molecule has 4 nitrogen and oxygen atoms in total. The number of hydrogen-bond donors (Lipinski definition) is 2. The number of hydrogen-bond acceptors (Lipinski definition) is 2. The van der Waals surface area contributed by atoms with Gasteiger partial charge >= 0.3 is 5.97 Å². The van der Waals surface area contributed by atoms with Crippen LogP contribution in [0.3, 0.4) is 0 Å². The molecule has 2 rings (SSSR count). The normalized spacial score (nSPS) is 11.8. The first-order valence-electron chi connectivity index (χ1n) is 8.11. The van der Waals surface area contributed by atoms with Crippen LogP contribution in [0.15, 0.2) is 48.5 Å². The van der Waals surface area contributed by atoms with Crippen molar-refractivity contribution in [1.29, 1.82) is 0 Å². The molecule has 0 aromatic heterocycles. The number of carboxylic acids is 1. The molecule has 0 spiro atoms. The smallest absolute Gasteiger partial charge is 0.306 e. The lowest BCUT2D eigenvalue weighted by Crippen LogP contribution is -2.13. The summed E-state index contributed by atoms with van der Waals surface area (Å²) in [6, 6.07) is 15.5. The van der Waals surface area contributed by atoms with Crippen molar-refractivity contribution in [3.05, 3.63) is 65.2 Å². The third-order valence-corrected chi connectivity index (χ3v) is 3.96. The second-order valence-electron chi connectivity index (χ2n) is 6.17. The predicted molar refractivity (Wildman–Crippen MR) is 95.1 cm³/mol. The minimum Gasteiger partial charge on any atom is -0.481 e. The average molecular weight is 325 g/mol. The van der Waals surface area contributed by atoms with Crippen molar-refractivity contribution in [2.75, 3.05) is 5.32 Å². The molecule has 2 N–H and O–H groups in total. The molecule has 0 fully saturated rings. The molecule has 1 unspecified atom stereocenters. The standard InChI is InChI=1S/C20H23NO3/c1-14-3-5-16(6-4-14)9-12-19(22)21-18-10-7-17(8-11-18)13-15(2)20(23)24/h3-8,10-11,15H,9,12-13H2,1-2H3,(H,21,22)(H,23,24). The molecule has 0 saturated carbocycles. The van der Waals surface area contributed by atoms with Gasteiger partial charge in [-0.15, -0.1) is 0 Å². The Labute approximate surface area is 142 Å². The van der Waals surface area contributed by atoms with Crippen molar-refractivity contribution in [2.24, 2.45) is 5.92 Å². The molecule has 1 amide bonds. The van der Waals surface area contributed by atoms with Crippen LogP contribution in [0.1, 0.15) is 30.0 Å². The monoisotopic (exact) mass is 325 g/mol. The van der Waals surface area contributed by atoms with Gasteiger partial charge in [-0.25, -0.2) is 0 Å². The van der Waals surface area contributed by atoms with Gasteiger partial charge < -0.3 is 10.4 Å². The molecule has 1 atom stereocenters. The summed E-state index contributed by atoms with van der Waals surface area (Å²) in [5.74, 6) is -1.24. The van der Waals surface area contributed by atoms with E-state index in [0.717, 1.165) is 16.8 Å². The summed E-state index contributed by atoms with van der Waals surface area (Å²) in [6.07, 6.45) is 1.62.